The molecule has 5 heteroatoms. The fourth-order valence-corrected chi connectivity index (χ4v) is 8.25. The van der Waals surface area contributed by atoms with Crippen molar-refractivity contribution in [2.24, 2.45) is 11.8 Å². The van der Waals surface area contributed by atoms with E-state index in [4.69, 9.17) is 14.8 Å². The second-order valence-electron chi connectivity index (χ2n) is 15.6. The van der Waals surface area contributed by atoms with Gasteiger partial charge in [0.25, 0.3) is 0 Å². The number of aryl methyl sites for hydroxylation is 2. The lowest BCUT2D eigenvalue weighted by Gasteiger charge is -2.30. The summed E-state index contributed by atoms with van der Waals surface area (Å²) in [5, 5.41) is 7.69. The number of unbranched alkanes of at least 4 members (excludes halogenated alkanes) is 1. The highest BCUT2D eigenvalue weighted by molar-refractivity contribution is 6.09. The van der Waals surface area contributed by atoms with E-state index in [2.05, 4.69) is 144 Å². The Kier molecular flexibility index (Phi) is 9.92. The van der Waals surface area contributed by atoms with E-state index < -0.39 is 0 Å². The van der Waals surface area contributed by atoms with Gasteiger partial charge in [-0.05, 0) is 117 Å². The molecule has 0 N–H and O–H groups in total. The van der Waals surface area contributed by atoms with Gasteiger partial charge in [-0.25, -0.2) is 9.67 Å². The van der Waals surface area contributed by atoms with Crippen LogP contribution in [0.25, 0.3) is 33.3 Å². The van der Waals surface area contributed by atoms with Crippen LogP contribution in [0.4, 0.5) is 0 Å². The molecule has 51 heavy (non-hydrogen) atoms. The number of aromatic nitrogens is 4. The zero-order valence-electron chi connectivity index (χ0n) is 31.8. The molecule has 0 fully saturated rings. The molecule has 0 saturated carbocycles. The number of para-hydroxylation sites is 1. The van der Waals surface area contributed by atoms with E-state index in [1.807, 2.05) is 6.20 Å². The van der Waals surface area contributed by atoms with E-state index in [9.17, 15) is 0 Å². The monoisotopic (exact) mass is 678 g/mol. The summed E-state index contributed by atoms with van der Waals surface area (Å²) in [6, 6.07) is 26.2. The summed E-state index contributed by atoms with van der Waals surface area (Å²) in [7, 11) is 0. The minimum absolute atomic E-state index is 0.330. The third kappa shape index (κ3) is 6.88. The Morgan fingerprint density at radius 1 is 0.882 bits per heavy atom. The van der Waals surface area contributed by atoms with Gasteiger partial charge < -0.3 is 4.74 Å². The molecule has 7 rings (SSSR count). The van der Waals surface area contributed by atoms with Gasteiger partial charge >= 0.3 is 0 Å². The van der Waals surface area contributed by atoms with E-state index in [0.29, 0.717) is 23.7 Å². The predicted octanol–water partition coefficient (Wildman–Crippen LogP) is 12.6. The Labute approximate surface area is 304 Å². The molecular weight excluding hydrogens is 625 g/mol. The molecule has 0 amide bonds. The highest BCUT2D eigenvalue weighted by Crippen LogP contribution is 2.43. The van der Waals surface area contributed by atoms with Gasteiger partial charge in [0, 0.05) is 46.3 Å². The summed E-state index contributed by atoms with van der Waals surface area (Å²) >= 11 is 0. The van der Waals surface area contributed by atoms with Crippen molar-refractivity contribution in [3.63, 3.8) is 0 Å². The third-order valence-electron chi connectivity index (χ3n) is 10.8. The Balaban J connectivity index is 1.33. The molecule has 1 unspecified atom stereocenters. The minimum Gasteiger partial charge on any atom is -0.457 e. The number of ether oxygens (including phenoxy) is 1. The quantitative estimate of drug-likeness (QED) is 0.128. The molecule has 0 aliphatic heterocycles. The number of rotatable bonds is 11. The maximum atomic E-state index is 6.83. The van der Waals surface area contributed by atoms with E-state index in [-0.39, 0.29) is 0 Å². The van der Waals surface area contributed by atoms with Crippen molar-refractivity contribution in [2.75, 3.05) is 0 Å². The standard InChI is InChI=1S/C46H54N4O/c1-9-10-16-34-21-22-47-44(24-34)49-41-18-12-11-17-39(41)40-20-19-37(28-42(40)49)51-38-26-35(30(4)5)25-36(27-38)50-43(23-29(2)3)46(33(8)48-50)45-31(6)14-13-15-32(45)7/h11-12,14,17-22,24-30,32,45H,9-10,13,15-16,23H2,1-8H3/t32-,45?/m0/s1. The Morgan fingerprint density at radius 2 is 1.69 bits per heavy atom. The topological polar surface area (TPSA) is 44.9 Å². The normalized spacial score (nSPS) is 16.5. The van der Waals surface area contributed by atoms with Crippen LogP contribution < -0.4 is 4.74 Å². The lowest BCUT2D eigenvalue weighted by molar-refractivity contribution is 0.444. The van der Waals surface area contributed by atoms with Gasteiger partial charge in [-0.1, -0.05) is 77.8 Å². The van der Waals surface area contributed by atoms with Crippen LogP contribution in [0, 0.1) is 18.8 Å². The largest absolute Gasteiger partial charge is 0.457 e. The highest BCUT2D eigenvalue weighted by atomic mass is 16.5. The summed E-state index contributed by atoms with van der Waals surface area (Å²) < 4.78 is 11.3. The number of hydrogen-bond donors (Lipinski definition) is 0. The molecule has 0 spiro atoms. The molecule has 2 atom stereocenters. The Morgan fingerprint density at radius 3 is 2.45 bits per heavy atom. The SMILES string of the molecule is CCCCc1ccnc(-n2c3ccccc3c3ccc(Oc4cc(C(C)C)cc(-n5nc(C)c(C6C(C)=CCC[C@@H]6C)c5CC(C)C)c4)cc32)c1. The average Bonchev–Trinajstić information content (AvgIpc) is 3.60. The summed E-state index contributed by atoms with van der Waals surface area (Å²) in [6.07, 6.45) is 11.1. The molecule has 0 radical (unpaired) electrons. The van der Waals surface area contributed by atoms with E-state index in [1.54, 1.807) is 0 Å². The van der Waals surface area contributed by atoms with Crippen LogP contribution in [0.1, 0.15) is 114 Å². The molecule has 264 valence electrons. The number of allylic oxidation sites excluding steroid dienone is 2. The summed E-state index contributed by atoms with van der Waals surface area (Å²) in [5.41, 5.74) is 11.2. The van der Waals surface area contributed by atoms with Gasteiger partial charge in [0.1, 0.15) is 17.3 Å². The van der Waals surface area contributed by atoms with Crippen LogP contribution in [0.5, 0.6) is 11.5 Å². The van der Waals surface area contributed by atoms with E-state index >= 15 is 0 Å². The zero-order valence-corrected chi connectivity index (χ0v) is 31.8. The maximum Gasteiger partial charge on any atom is 0.137 e. The molecule has 1 aliphatic carbocycles. The van der Waals surface area contributed by atoms with Gasteiger partial charge in [-0.15, -0.1) is 0 Å². The first-order chi connectivity index (χ1) is 24.6. The number of hydrogen-bond acceptors (Lipinski definition) is 3. The number of fused-ring (bicyclic) bond motifs is 3. The third-order valence-corrected chi connectivity index (χ3v) is 10.8. The van der Waals surface area contributed by atoms with Crippen molar-refractivity contribution in [1.29, 1.82) is 0 Å². The molecule has 3 heterocycles. The average molecular weight is 679 g/mol. The van der Waals surface area contributed by atoms with E-state index in [0.717, 1.165) is 52.6 Å². The highest BCUT2D eigenvalue weighted by Gasteiger charge is 2.31. The predicted molar refractivity (Wildman–Crippen MR) is 213 cm³/mol. The molecule has 6 aromatic rings. The van der Waals surface area contributed by atoms with E-state index in [1.165, 1.54) is 64.4 Å². The van der Waals surface area contributed by atoms with Gasteiger partial charge in [0.2, 0.25) is 0 Å². The minimum atomic E-state index is 0.330. The second-order valence-corrected chi connectivity index (χ2v) is 15.6. The first-order valence-corrected chi connectivity index (χ1v) is 19.2. The summed E-state index contributed by atoms with van der Waals surface area (Å²) in [5.74, 6) is 4.41. The van der Waals surface area contributed by atoms with Crippen LogP contribution in [0.15, 0.2) is 90.6 Å². The van der Waals surface area contributed by atoms with Gasteiger partial charge in [0.15, 0.2) is 0 Å². The smallest absolute Gasteiger partial charge is 0.137 e. The van der Waals surface area contributed by atoms with Crippen LogP contribution in [-0.2, 0) is 12.8 Å². The Bertz CT molecular complexity index is 2210. The van der Waals surface area contributed by atoms with Crippen molar-refractivity contribution >= 4 is 21.8 Å². The summed E-state index contributed by atoms with van der Waals surface area (Å²) in [4.78, 5) is 4.87. The molecule has 0 bridgehead atoms. The molecule has 3 aromatic carbocycles. The van der Waals surface area contributed by atoms with Crippen molar-refractivity contribution in [1.82, 2.24) is 19.3 Å². The maximum absolute atomic E-state index is 6.83. The van der Waals surface area contributed by atoms with Crippen LogP contribution in [-0.4, -0.2) is 19.3 Å². The van der Waals surface area contributed by atoms with Crippen molar-refractivity contribution in [3.8, 4) is 23.0 Å². The second kappa shape index (κ2) is 14.5. The van der Waals surface area contributed by atoms with Crippen molar-refractivity contribution in [3.05, 3.63) is 119 Å². The van der Waals surface area contributed by atoms with Gasteiger partial charge in [-0.3, -0.25) is 4.57 Å². The summed E-state index contributed by atoms with van der Waals surface area (Å²) in [6.45, 7) is 18.3. The van der Waals surface area contributed by atoms with Crippen LogP contribution in [0.2, 0.25) is 0 Å². The van der Waals surface area contributed by atoms with Crippen LogP contribution in [0.3, 0.4) is 0 Å². The molecular formula is C46H54N4O. The number of benzene rings is 3. The molecule has 0 saturated heterocycles. The van der Waals surface area contributed by atoms with Crippen molar-refractivity contribution in [2.45, 2.75) is 106 Å². The van der Waals surface area contributed by atoms with Crippen LogP contribution >= 0.6 is 0 Å². The fourth-order valence-electron chi connectivity index (χ4n) is 8.25. The van der Waals surface area contributed by atoms with Gasteiger partial charge in [-0.2, -0.15) is 5.10 Å². The first-order valence-electron chi connectivity index (χ1n) is 19.2. The zero-order chi connectivity index (χ0) is 35.8. The lowest BCUT2D eigenvalue weighted by Crippen LogP contribution is -2.18. The molecule has 1 aliphatic rings. The molecule has 3 aromatic heterocycles. The number of nitrogens with zero attached hydrogens (tertiary/aromatic N) is 4. The Hall–Kier alpha value is -4.64. The van der Waals surface area contributed by atoms with Crippen molar-refractivity contribution < 1.29 is 4.74 Å². The molecule has 5 nitrogen and oxygen atoms in total. The first kappa shape index (κ1) is 34.8. The number of pyridine rings is 1. The van der Waals surface area contributed by atoms with Gasteiger partial charge in [0.05, 0.1) is 22.4 Å². The lowest BCUT2D eigenvalue weighted by atomic mass is 9.74. The fraction of sp³-hybridized carbons (Fsp3) is 0.391.